The minimum absolute atomic E-state index is 0.278. The Morgan fingerprint density at radius 3 is 2.00 bits per heavy atom. The predicted octanol–water partition coefficient (Wildman–Crippen LogP) is 2.16. The van der Waals surface area contributed by atoms with Gasteiger partial charge >= 0.3 is 0 Å². The fourth-order valence-corrected chi connectivity index (χ4v) is 2.60. The van der Waals surface area contributed by atoms with E-state index in [4.69, 9.17) is 0 Å². The molecule has 150 valence electrons. The Morgan fingerprint density at radius 1 is 1.11 bits per heavy atom. The number of amides is 2. The summed E-state index contributed by atoms with van der Waals surface area (Å²) in [6, 6.07) is 1.89. The van der Waals surface area contributed by atoms with Crippen LogP contribution in [0.25, 0.3) is 0 Å². The Bertz CT molecular complexity index is 622. The molecule has 7 nitrogen and oxygen atoms in total. The molecule has 2 fully saturated rings. The van der Waals surface area contributed by atoms with Crippen molar-refractivity contribution in [3.8, 4) is 0 Å². The summed E-state index contributed by atoms with van der Waals surface area (Å²) in [5.74, 6) is 0.866. The fraction of sp³-hybridized carbons (Fsp3) is 0.600. The molecule has 7 heteroatoms. The molecule has 4 rings (SSSR count). The van der Waals surface area contributed by atoms with Gasteiger partial charge in [-0.2, -0.15) is 5.10 Å². The Morgan fingerprint density at radius 2 is 1.85 bits per heavy atom. The highest BCUT2D eigenvalue weighted by Crippen LogP contribution is 2.13. The summed E-state index contributed by atoms with van der Waals surface area (Å²) in [6.45, 7) is 6.78. The standard InChI is InChI=1S/C6H11NO.C5H9NO.C5H7N.C4H6N2/c1-5-3-4-7(2)6(5)8;1-6-4-2-3-5(6)7;1-5-3-2-4-6-5;1-6-4-2-3-5-6/h5H,3-4H2,1-2H3;2-4H2,1H3;2-3H,4H2,1H3;2-4H,1H3/t5-;;;/m0.../s1. The molecule has 0 unspecified atom stereocenters. The van der Waals surface area contributed by atoms with Gasteiger partial charge in [-0.3, -0.25) is 19.3 Å². The van der Waals surface area contributed by atoms with E-state index in [9.17, 15) is 9.59 Å². The highest BCUT2D eigenvalue weighted by atomic mass is 16.2. The van der Waals surface area contributed by atoms with E-state index in [1.807, 2.05) is 53.3 Å². The van der Waals surface area contributed by atoms with Crippen LogP contribution in [0.1, 0.15) is 33.1 Å². The fourth-order valence-electron chi connectivity index (χ4n) is 2.60. The van der Waals surface area contributed by atoms with Gasteiger partial charge in [0.1, 0.15) is 0 Å². The summed E-state index contributed by atoms with van der Waals surface area (Å²) >= 11 is 0. The monoisotopic (exact) mass is 375 g/mol. The quantitative estimate of drug-likeness (QED) is 0.698. The van der Waals surface area contributed by atoms with Crippen LogP contribution in [0, 0.1) is 5.92 Å². The molecule has 0 aliphatic carbocycles. The summed E-state index contributed by atoms with van der Waals surface area (Å²) in [4.78, 5) is 28.9. The van der Waals surface area contributed by atoms with Crippen molar-refractivity contribution in [2.24, 2.45) is 18.0 Å². The molecule has 0 saturated carbocycles. The molecule has 0 spiro atoms. The van der Waals surface area contributed by atoms with E-state index >= 15 is 0 Å². The Balaban J connectivity index is 0.000000181. The van der Waals surface area contributed by atoms with Gasteiger partial charge in [-0.25, -0.2) is 0 Å². The predicted molar refractivity (Wildman–Crippen MR) is 109 cm³/mol. The van der Waals surface area contributed by atoms with E-state index in [1.165, 1.54) is 0 Å². The van der Waals surface area contributed by atoms with Crippen molar-refractivity contribution in [1.82, 2.24) is 19.6 Å². The lowest BCUT2D eigenvalue weighted by Gasteiger charge is -2.05. The first-order valence-corrected chi connectivity index (χ1v) is 9.41. The van der Waals surface area contributed by atoms with Crippen molar-refractivity contribution in [3.05, 3.63) is 30.6 Å². The maximum atomic E-state index is 10.8. The number of hydrogen-bond donors (Lipinski definition) is 0. The van der Waals surface area contributed by atoms with E-state index in [2.05, 4.69) is 16.2 Å². The average molecular weight is 376 g/mol. The highest BCUT2D eigenvalue weighted by Gasteiger charge is 2.23. The topological polar surface area (TPSA) is 70.8 Å². The van der Waals surface area contributed by atoms with Gasteiger partial charge in [0, 0.05) is 64.7 Å². The maximum absolute atomic E-state index is 10.8. The molecule has 2 amide bonds. The molecule has 0 aromatic carbocycles. The molecule has 0 bridgehead atoms. The van der Waals surface area contributed by atoms with Crippen LogP contribution in [0.3, 0.4) is 0 Å². The van der Waals surface area contributed by atoms with Crippen LogP contribution in [0.15, 0.2) is 35.6 Å². The second-order valence-corrected chi connectivity index (χ2v) is 6.93. The van der Waals surface area contributed by atoms with Gasteiger partial charge in [-0.15, -0.1) is 0 Å². The number of likely N-dealkylation sites (tertiary alicyclic amines) is 2. The molecular formula is C20H33N5O2. The molecule has 1 aromatic rings. The third-order valence-electron chi connectivity index (χ3n) is 4.45. The molecule has 1 atom stereocenters. The number of rotatable bonds is 0. The number of aliphatic imine (C=N–C) groups is 1. The third-order valence-corrected chi connectivity index (χ3v) is 4.45. The van der Waals surface area contributed by atoms with E-state index in [0.717, 1.165) is 44.6 Å². The van der Waals surface area contributed by atoms with Crippen LogP contribution < -0.4 is 0 Å². The number of aromatic nitrogens is 2. The molecule has 4 heterocycles. The van der Waals surface area contributed by atoms with Gasteiger partial charge in [0.05, 0.1) is 6.54 Å². The zero-order valence-corrected chi connectivity index (χ0v) is 17.3. The van der Waals surface area contributed by atoms with Crippen molar-refractivity contribution < 1.29 is 9.59 Å². The van der Waals surface area contributed by atoms with Crippen molar-refractivity contribution in [3.63, 3.8) is 0 Å². The van der Waals surface area contributed by atoms with Crippen molar-refractivity contribution in [2.75, 3.05) is 33.7 Å². The van der Waals surface area contributed by atoms with Crippen LogP contribution in [0.2, 0.25) is 0 Å². The van der Waals surface area contributed by atoms with Crippen molar-refractivity contribution in [1.29, 1.82) is 0 Å². The smallest absolute Gasteiger partial charge is 0.225 e. The van der Waals surface area contributed by atoms with E-state index in [1.54, 1.807) is 20.7 Å². The molecule has 2 saturated heterocycles. The summed E-state index contributed by atoms with van der Waals surface area (Å²) in [7, 11) is 5.58. The zero-order valence-electron chi connectivity index (χ0n) is 17.3. The Labute approximate surface area is 162 Å². The molecule has 0 N–H and O–H groups in total. The third kappa shape index (κ3) is 9.17. The molecule has 27 heavy (non-hydrogen) atoms. The number of nitrogens with zero attached hydrogens (tertiary/aromatic N) is 5. The van der Waals surface area contributed by atoms with Gasteiger partial charge in [0.25, 0.3) is 0 Å². The van der Waals surface area contributed by atoms with Crippen molar-refractivity contribution in [2.45, 2.75) is 33.1 Å². The molecular weight excluding hydrogens is 342 g/mol. The first-order valence-electron chi connectivity index (χ1n) is 9.41. The average Bonchev–Trinajstić information content (AvgIpc) is 3.43. The Hall–Kier alpha value is -2.44. The van der Waals surface area contributed by atoms with Gasteiger partial charge in [0.15, 0.2) is 0 Å². The lowest BCUT2D eigenvalue weighted by Crippen LogP contribution is -2.21. The normalized spacial score (nSPS) is 20.3. The lowest BCUT2D eigenvalue weighted by molar-refractivity contribution is -0.129. The van der Waals surface area contributed by atoms with E-state index in [0.29, 0.717) is 11.8 Å². The molecule has 1 aromatic heterocycles. The minimum atomic E-state index is 0.278. The number of aryl methyl sites for hydroxylation is 1. The van der Waals surface area contributed by atoms with Crippen LogP contribution in [-0.2, 0) is 16.6 Å². The number of carbonyl (C=O) groups excluding carboxylic acids is 2. The molecule has 0 radical (unpaired) electrons. The van der Waals surface area contributed by atoms with Gasteiger partial charge in [0.2, 0.25) is 11.8 Å². The largest absolute Gasteiger partial charge is 0.346 e. The summed E-state index contributed by atoms with van der Waals surface area (Å²) in [5, 5.41) is 3.83. The number of carbonyl (C=O) groups is 2. The van der Waals surface area contributed by atoms with Crippen LogP contribution in [0.4, 0.5) is 0 Å². The minimum Gasteiger partial charge on any atom is -0.346 e. The van der Waals surface area contributed by atoms with Gasteiger partial charge < -0.3 is 9.80 Å². The second-order valence-electron chi connectivity index (χ2n) is 6.93. The maximum Gasteiger partial charge on any atom is 0.225 e. The summed E-state index contributed by atoms with van der Waals surface area (Å²) in [6.07, 6.45) is 10.6. The zero-order chi connectivity index (χ0) is 20.2. The lowest BCUT2D eigenvalue weighted by atomic mass is 10.1. The number of hydrogen-bond acceptors (Lipinski definition) is 4. The SMILES string of the molecule is CC1=NCC=C1.CN1CCCC1=O.C[C@H]1CCN(C)C1=O.Cn1cccn1. The molecule has 3 aliphatic rings. The first kappa shape index (κ1) is 22.6. The first-order chi connectivity index (χ1) is 12.8. The van der Waals surface area contributed by atoms with Crippen LogP contribution in [-0.4, -0.2) is 70.8 Å². The summed E-state index contributed by atoms with van der Waals surface area (Å²) < 4.78 is 1.75. The second kappa shape index (κ2) is 12.0. The van der Waals surface area contributed by atoms with Crippen LogP contribution >= 0.6 is 0 Å². The highest BCUT2D eigenvalue weighted by molar-refractivity contribution is 5.94. The van der Waals surface area contributed by atoms with Gasteiger partial charge in [-0.1, -0.05) is 13.0 Å². The number of allylic oxidation sites excluding steroid dienone is 1. The van der Waals surface area contributed by atoms with Gasteiger partial charge in [-0.05, 0) is 31.9 Å². The molecule has 3 aliphatic heterocycles. The van der Waals surface area contributed by atoms with Crippen molar-refractivity contribution >= 4 is 17.5 Å². The van der Waals surface area contributed by atoms with Crippen LogP contribution in [0.5, 0.6) is 0 Å². The van der Waals surface area contributed by atoms with E-state index < -0.39 is 0 Å². The Kier molecular flexibility index (Phi) is 10.1. The van der Waals surface area contributed by atoms with E-state index in [-0.39, 0.29) is 5.92 Å². The summed E-state index contributed by atoms with van der Waals surface area (Å²) in [5.41, 5.74) is 1.15.